The molecule has 0 aliphatic carbocycles. The van der Waals surface area contributed by atoms with Gasteiger partial charge >= 0.3 is 0 Å². The molecule has 0 radical (unpaired) electrons. The zero-order chi connectivity index (χ0) is 21.7. The Morgan fingerprint density at radius 1 is 1.10 bits per heavy atom. The lowest BCUT2D eigenvalue weighted by molar-refractivity contribution is -0.139. The van der Waals surface area contributed by atoms with Crippen LogP contribution in [-0.2, 0) is 16.2 Å². The predicted octanol–water partition coefficient (Wildman–Crippen LogP) is 4.70. The van der Waals surface area contributed by atoms with Crippen molar-refractivity contribution in [2.75, 3.05) is 6.54 Å². The second-order valence-corrected chi connectivity index (χ2v) is 7.10. The number of nitrogens with zero attached hydrogens (tertiary/aromatic N) is 2. The van der Waals surface area contributed by atoms with Crippen molar-refractivity contribution in [2.24, 2.45) is 0 Å². The second kappa shape index (κ2) is 9.25. The first-order valence-corrected chi connectivity index (χ1v) is 9.60. The van der Waals surface area contributed by atoms with Crippen LogP contribution in [-0.4, -0.2) is 23.3 Å². The Morgan fingerprint density at radius 3 is 2.37 bits per heavy atom. The average molecular weight is 419 g/mol. The van der Waals surface area contributed by atoms with E-state index in [2.05, 4.69) is 6.58 Å². The largest absolute Gasteiger partial charge is 0.489 e. The Hall–Kier alpha value is -3.62. The lowest BCUT2D eigenvalue weighted by atomic mass is 9.93. The Morgan fingerprint density at radius 2 is 1.77 bits per heavy atom. The van der Waals surface area contributed by atoms with Crippen molar-refractivity contribution in [1.29, 1.82) is 5.26 Å². The molecular formula is C24H19ClN2O3. The van der Waals surface area contributed by atoms with Crippen LogP contribution < -0.4 is 4.74 Å². The van der Waals surface area contributed by atoms with Gasteiger partial charge in [-0.2, -0.15) is 5.26 Å². The van der Waals surface area contributed by atoms with E-state index in [0.717, 1.165) is 16.0 Å². The van der Waals surface area contributed by atoms with Gasteiger partial charge in [-0.25, -0.2) is 0 Å². The SMILES string of the molecule is C=CCN1C(=O)C(C#N)=C(C)/C(=C\c2ccc(OCc3ccc(Cl)cc3)cc2)C1=O. The van der Waals surface area contributed by atoms with Crippen LogP contribution >= 0.6 is 11.6 Å². The maximum atomic E-state index is 12.8. The topological polar surface area (TPSA) is 70.4 Å². The summed E-state index contributed by atoms with van der Waals surface area (Å²) in [6, 6.07) is 16.5. The molecule has 3 rings (SSSR count). The third-order valence-electron chi connectivity index (χ3n) is 4.65. The van der Waals surface area contributed by atoms with Crippen LogP contribution in [0.2, 0.25) is 5.02 Å². The summed E-state index contributed by atoms with van der Waals surface area (Å²) >= 11 is 5.88. The van der Waals surface area contributed by atoms with E-state index >= 15 is 0 Å². The molecule has 1 heterocycles. The van der Waals surface area contributed by atoms with Gasteiger partial charge in [-0.05, 0) is 54.0 Å². The Balaban J connectivity index is 1.81. The summed E-state index contributed by atoms with van der Waals surface area (Å²) in [6.07, 6.45) is 3.12. The fraction of sp³-hybridized carbons (Fsp3) is 0.125. The van der Waals surface area contributed by atoms with Gasteiger partial charge in [0.2, 0.25) is 0 Å². The van der Waals surface area contributed by atoms with E-state index in [9.17, 15) is 14.9 Å². The van der Waals surface area contributed by atoms with Crippen molar-refractivity contribution in [1.82, 2.24) is 4.90 Å². The van der Waals surface area contributed by atoms with Crippen LogP contribution in [0.5, 0.6) is 5.75 Å². The molecule has 0 aromatic heterocycles. The molecule has 6 heteroatoms. The van der Waals surface area contributed by atoms with Gasteiger partial charge in [0.05, 0.1) is 0 Å². The van der Waals surface area contributed by atoms with E-state index in [-0.39, 0.29) is 12.1 Å². The Labute approximate surface area is 180 Å². The molecule has 5 nitrogen and oxygen atoms in total. The van der Waals surface area contributed by atoms with E-state index in [1.807, 2.05) is 42.5 Å². The quantitative estimate of drug-likeness (QED) is 0.387. The molecule has 1 aliphatic rings. The average Bonchev–Trinajstić information content (AvgIpc) is 2.75. The number of halogens is 1. The van der Waals surface area contributed by atoms with Gasteiger partial charge in [0.25, 0.3) is 11.8 Å². The Bertz CT molecular complexity index is 1090. The van der Waals surface area contributed by atoms with Gasteiger partial charge in [0.15, 0.2) is 0 Å². The minimum atomic E-state index is -0.594. The highest BCUT2D eigenvalue weighted by Gasteiger charge is 2.34. The molecule has 30 heavy (non-hydrogen) atoms. The summed E-state index contributed by atoms with van der Waals surface area (Å²) < 4.78 is 5.77. The number of carbonyl (C=O) groups excluding carboxylic acids is 2. The summed E-state index contributed by atoms with van der Waals surface area (Å²) in [5.41, 5.74) is 2.39. The number of hydrogen-bond donors (Lipinski definition) is 0. The molecule has 2 aromatic carbocycles. The Kier molecular flexibility index (Phi) is 6.51. The van der Waals surface area contributed by atoms with Crippen LogP contribution in [0.25, 0.3) is 6.08 Å². The summed E-state index contributed by atoms with van der Waals surface area (Å²) in [5, 5.41) is 10.0. The first kappa shape index (κ1) is 21.1. The summed E-state index contributed by atoms with van der Waals surface area (Å²) in [6.45, 7) is 5.63. The normalized spacial score (nSPS) is 15.4. The predicted molar refractivity (Wildman–Crippen MR) is 115 cm³/mol. The minimum Gasteiger partial charge on any atom is -0.489 e. The maximum Gasteiger partial charge on any atom is 0.271 e. The van der Waals surface area contributed by atoms with E-state index in [1.165, 1.54) is 6.08 Å². The van der Waals surface area contributed by atoms with Crippen molar-refractivity contribution in [3.8, 4) is 11.8 Å². The highest BCUT2D eigenvalue weighted by atomic mass is 35.5. The molecule has 2 amide bonds. The maximum absolute atomic E-state index is 12.8. The number of nitriles is 1. The molecule has 0 saturated heterocycles. The van der Waals surface area contributed by atoms with Crippen molar-refractivity contribution in [3.05, 3.63) is 94.1 Å². The molecule has 1 aliphatic heterocycles. The number of ether oxygens (including phenoxy) is 1. The van der Waals surface area contributed by atoms with Crippen LogP contribution in [0, 0.1) is 11.3 Å². The highest BCUT2D eigenvalue weighted by molar-refractivity contribution is 6.30. The number of benzene rings is 2. The standard InChI is InChI=1S/C24H19ClN2O3/c1-3-12-27-23(28)21(16(2)22(14-26)24(27)29)13-17-6-10-20(11-7-17)30-15-18-4-8-19(25)9-5-18/h3-11,13H,1,12,15H2,2H3/b21-13+. The smallest absolute Gasteiger partial charge is 0.271 e. The molecular weight excluding hydrogens is 400 g/mol. The summed E-state index contributed by atoms with van der Waals surface area (Å²) in [5.74, 6) is -0.363. The third-order valence-corrected chi connectivity index (χ3v) is 4.90. The van der Waals surface area contributed by atoms with Crippen LogP contribution in [0.3, 0.4) is 0 Å². The van der Waals surface area contributed by atoms with Gasteiger partial charge in [0.1, 0.15) is 24.0 Å². The van der Waals surface area contributed by atoms with E-state index < -0.39 is 11.8 Å². The van der Waals surface area contributed by atoms with Gasteiger partial charge in [-0.1, -0.05) is 41.9 Å². The number of hydrogen-bond acceptors (Lipinski definition) is 4. The molecule has 0 unspecified atom stereocenters. The van der Waals surface area contributed by atoms with Crippen molar-refractivity contribution in [3.63, 3.8) is 0 Å². The first-order valence-electron chi connectivity index (χ1n) is 9.22. The summed E-state index contributed by atoms with van der Waals surface area (Å²) in [7, 11) is 0. The number of amides is 2. The van der Waals surface area contributed by atoms with E-state index in [0.29, 0.717) is 28.5 Å². The molecule has 0 spiro atoms. The van der Waals surface area contributed by atoms with Gasteiger partial charge in [-0.3, -0.25) is 14.5 Å². The molecule has 0 N–H and O–H groups in total. The molecule has 0 saturated carbocycles. The van der Waals surface area contributed by atoms with Crippen molar-refractivity contribution >= 4 is 29.5 Å². The van der Waals surface area contributed by atoms with E-state index in [4.69, 9.17) is 16.3 Å². The molecule has 0 atom stereocenters. The highest BCUT2D eigenvalue weighted by Crippen LogP contribution is 2.27. The van der Waals surface area contributed by atoms with Gasteiger partial charge in [-0.15, -0.1) is 6.58 Å². The number of carbonyl (C=O) groups is 2. The van der Waals surface area contributed by atoms with E-state index in [1.54, 1.807) is 25.1 Å². The van der Waals surface area contributed by atoms with Crippen molar-refractivity contribution in [2.45, 2.75) is 13.5 Å². The monoisotopic (exact) mass is 418 g/mol. The number of rotatable bonds is 6. The number of imide groups is 1. The second-order valence-electron chi connectivity index (χ2n) is 6.66. The van der Waals surface area contributed by atoms with Crippen LogP contribution in [0.1, 0.15) is 18.1 Å². The summed E-state index contributed by atoms with van der Waals surface area (Å²) in [4.78, 5) is 26.1. The molecule has 2 aromatic rings. The first-order chi connectivity index (χ1) is 14.4. The zero-order valence-electron chi connectivity index (χ0n) is 16.4. The van der Waals surface area contributed by atoms with Crippen molar-refractivity contribution < 1.29 is 14.3 Å². The molecule has 0 bridgehead atoms. The lowest BCUT2D eigenvalue weighted by Crippen LogP contribution is -2.42. The zero-order valence-corrected chi connectivity index (χ0v) is 17.1. The van der Waals surface area contributed by atoms with Gasteiger partial charge < -0.3 is 4.74 Å². The lowest BCUT2D eigenvalue weighted by Gasteiger charge is -2.26. The third kappa shape index (κ3) is 4.51. The van der Waals surface area contributed by atoms with Crippen LogP contribution in [0.4, 0.5) is 0 Å². The van der Waals surface area contributed by atoms with Crippen LogP contribution in [0.15, 0.2) is 77.9 Å². The fourth-order valence-corrected chi connectivity index (χ4v) is 3.12. The molecule has 0 fully saturated rings. The minimum absolute atomic E-state index is 0.0365. The molecule has 150 valence electrons. The fourth-order valence-electron chi connectivity index (χ4n) is 3.00. The van der Waals surface area contributed by atoms with Gasteiger partial charge in [0, 0.05) is 17.1 Å².